The van der Waals surface area contributed by atoms with Crippen molar-refractivity contribution in [2.75, 3.05) is 6.54 Å². The number of amides is 1. The number of benzene rings is 2. The Kier molecular flexibility index (Phi) is 6.91. The fourth-order valence-electron chi connectivity index (χ4n) is 5.79. The zero-order chi connectivity index (χ0) is 29.7. The number of rotatable bonds is 9. The normalized spacial score (nSPS) is 20.1. The molecule has 2 aromatic carbocycles. The van der Waals surface area contributed by atoms with Crippen LogP contribution < -0.4 is 10.1 Å². The van der Waals surface area contributed by atoms with Crippen LogP contribution in [0.1, 0.15) is 71.2 Å². The first-order chi connectivity index (χ1) is 20.7. The van der Waals surface area contributed by atoms with Gasteiger partial charge >= 0.3 is 6.36 Å². The minimum atomic E-state index is -4.78. The zero-order valence-corrected chi connectivity index (χ0v) is 23.4. The number of fused-ring (bicyclic) bond motifs is 1. The van der Waals surface area contributed by atoms with E-state index < -0.39 is 6.36 Å². The molecular weight excluding hydrogens is 565 g/mol. The molecule has 0 radical (unpaired) electrons. The van der Waals surface area contributed by atoms with Gasteiger partial charge in [-0.25, -0.2) is 0 Å². The van der Waals surface area contributed by atoms with Crippen molar-refractivity contribution in [2.45, 2.75) is 70.4 Å². The minimum Gasteiger partial charge on any atom is -0.406 e. The van der Waals surface area contributed by atoms with Crippen LogP contribution in [0.15, 0.2) is 45.4 Å². The highest BCUT2D eigenvalue weighted by Crippen LogP contribution is 2.47. The Morgan fingerprint density at radius 1 is 1.09 bits per heavy atom. The van der Waals surface area contributed by atoms with Crippen LogP contribution in [0.4, 0.5) is 13.2 Å². The molecule has 1 unspecified atom stereocenters. The minimum absolute atomic E-state index is 0.0744. The molecule has 2 atom stereocenters. The highest BCUT2D eigenvalue weighted by Gasteiger charge is 2.47. The fourth-order valence-corrected chi connectivity index (χ4v) is 5.79. The van der Waals surface area contributed by atoms with Crippen molar-refractivity contribution in [1.29, 1.82) is 0 Å². The van der Waals surface area contributed by atoms with Gasteiger partial charge in [0.15, 0.2) is 11.6 Å². The maximum absolute atomic E-state index is 13.0. The van der Waals surface area contributed by atoms with E-state index in [-0.39, 0.29) is 23.5 Å². The fraction of sp³-hybridized carbons (Fsp3) is 0.433. The maximum Gasteiger partial charge on any atom is 0.573 e. The molecule has 2 saturated carbocycles. The van der Waals surface area contributed by atoms with Crippen molar-refractivity contribution < 1.29 is 31.7 Å². The van der Waals surface area contributed by atoms with E-state index in [9.17, 15) is 18.0 Å². The summed E-state index contributed by atoms with van der Waals surface area (Å²) in [5, 5.41) is 11.1. The van der Waals surface area contributed by atoms with Crippen LogP contribution in [0.3, 0.4) is 0 Å². The maximum atomic E-state index is 13.0. The van der Waals surface area contributed by atoms with E-state index in [4.69, 9.17) is 9.05 Å². The van der Waals surface area contributed by atoms with Gasteiger partial charge in [-0.1, -0.05) is 34.6 Å². The molecule has 3 heterocycles. The van der Waals surface area contributed by atoms with E-state index in [0.717, 1.165) is 35.1 Å². The number of hydrogen-bond acceptors (Lipinski definition) is 9. The monoisotopic (exact) mass is 594 g/mol. The molecule has 0 saturated heterocycles. The van der Waals surface area contributed by atoms with Gasteiger partial charge in [0, 0.05) is 25.6 Å². The third kappa shape index (κ3) is 6.12. The largest absolute Gasteiger partial charge is 0.573 e. The number of alkyl halides is 3. The van der Waals surface area contributed by atoms with Crippen molar-refractivity contribution in [1.82, 2.24) is 30.5 Å². The van der Waals surface area contributed by atoms with Crippen LogP contribution in [0.2, 0.25) is 0 Å². The molecule has 0 spiro atoms. The van der Waals surface area contributed by atoms with Crippen molar-refractivity contribution in [3.63, 3.8) is 0 Å². The number of carbonyl (C=O) groups excluding carboxylic acids is 1. The van der Waals surface area contributed by atoms with Crippen LogP contribution in [-0.4, -0.2) is 44.0 Å². The van der Waals surface area contributed by atoms with E-state index in [1.54, 1.807) is 19.1 Å². The third-order valence-corrected chi connectivity index (χ3v) is 8.18. The molecule has 4 aromatic rings. The summed E-state index contributed by atoms with van der Waals surface area (Å²) in [7, 11) is 0. The predicted molar refractivity (Wildman–Crippen MR) is 144 cm³/mol. The first-order valence-electron chi connectivity index (χ1n) is 14.3. The van der Waals surface area contributed by atoms with Crippen LogP contribution in [0, 0.1) is 12.8 Å². The Labute approximate surface area is 244 Å². The third-order valence-electron chi connectivity index (χ3n) is 8.18. The number of nitrogens with zero attached hydrogens (tertiary/aromatic N) is 5. The van der Waals surface area contributed by atoms with Crippen molar-refractivity contribution in [2.24, 2.45) is 5.92 Å². The molecular formula is C30H29F3N6O4. The summed E-state index contributed by atoms with van der Waals surface area (Å²) >= 11 is 0. The van der Waals surface area contributed by atoms with Gasteiger partial charge in [0.2, 0.25) is 17.7 Å². The SMILES string of the molecule is Cc1noc([C@@H]2CC2C(=O)NCc2ccc(-c3cccc(OC(F)(F)F)c3)c3c2CN(Cc2noc(C4CC4)n2)CC3)n1. The van der Waals surface area contributed by atoms with Crippen LogP contribution >= 0.6 is 0 Å². The van der Waals surface area contributed by atoms with Gasteiger partial charge in [-0.2, -0.15) is 9.97 Å². The Morgan fingerprint density at radius 2 is 1.93 bits per heavy atom. The van der Waals surface area contributed by atoms with Crippen molar-refractivity contribution in [3.05, 3.63) is 76.5 Å². The van der Waals surface area contributed by atoms with Gasteiger partial charge in [-0.05, 0) is 72.6 Å². The Bertz CT molecular complexity index is 1660. The average molecular weight is 595 g/mol. The number of aryl methyl sites for hydroxylation is 1. The molecule has 1 N–H and O–H groups in total. The van der Waals surface area contributed by atoms with Gasteiger partial charge in [-0.3, -0.25) is 9.69 Å². The van der Waals surface area contributed by atoms with Gasteiger partial charge in [0.25, 0.3) is 0 Å². The molecule has 43 heavy (non-hydrogen) atoms. The summed E-state index contributed by atoms with van der Waals surface area (Å²) in [5.41, 5.74) is 4.46. The number of hydrogen-bond donors (Lipinski definition) is 1. The van der Waals surface area contributed by atoms with Crippen LogP contribution in [-0.2, 0) is 30.8 Å². The van der Waals surface area contributed by atoms with E-state index in [0.29, 0.717) is 73.9 Å². The van der Waals surface area contributed by atoms with E-state index in [2.05, 4.69) is 35.2 Å². The summed E-state index contributed by atoms with van der Waals surface area (Å²) in [6.07, 6.45) is -1.32. The molecule has 10 nitrogen and oxygen atoms in total. The number of nitrogens with one attached hydrogen (secondary N) is 1. The Balaban J connectivity index is 1.13. The molecule has 13 heteroatoms. The molecule has 224 valence electrons. The van der Waals surface area contributed by atoms with E-state index in [1.165, 1.54) is 12.1 Å². The zero-order valence-electron chi connectivity index (χ0n) is 23.4. The molecule has 2 aliphatic carbocycles. The second-order valence-electron chi connectivity index (χ2n) is 11.4. The molecule has 1 amide bonds. The van der Waals surface area contributed by atoms with Gasteiger partial charge in [0.1, 0.15) is 5.75 Å². The summed E-state index contributed by atoms with van der Waals surface area (Å²) in [4.78, 5) is 24.0. The lowest BCUT2D eigenvalue weighted by molar-refractivity contribution is -0.274. The van der Waals surface area contributed by atoms with Gasteiger partial charge < -0.3 is 19.1 Å². The summed E-state index contributed by atoms with van der Waals surface area (Å²) in [5.74, 6) is 2.06. The number of carbonyl (C=O) groups is 1. The quantitative estimate of drug-likeness (QED) is 0.280. The first-order valence-corrected chi connectivity index (χ1v) is 14.3. The Morgan fingerprint density at radius 3 is 2.70 bits per heavy atom. The molecule has 0 bridgehead atoms. The smallest absolute Gasteiger partial charge is 0.406 e. The lowest BCUT2D eigenvalue weighted by Gasteiger charge is -2.31. The highest BCUT2D eigenvalue weighted by atomic mass is 19.4. The average Bonchev–Trinajstić information content (AvgIpc) is 3.89. The van der Waals surface area contributed by atoms with E-state index >= 15 is 0 Å². The molecule has 2 aromatic heterocycles. The topological polar surface area (TPSA) is 119 Å². The standard InChI is InChI=1S/C30H29F3N6O4/c1-16-35-29(43-37-16)24-12-23(24)27(40)34-13-19-7-8-21(18-3-2-4-20(11-18)41-30(31,32)33)22-9-10-39(14-25(19)22)15-26-36-28(42-38-26)17-5-6-17/h2-4,7-8,11,17,23-24H,5-6,9-10,12-15H2,1H3,(H,34,40)/t23?,24-/m1/s1. The number of halogens is 3. The van der Waals surface area contributed by atoms with Crippen molar-refractivity contribution >= 4 is 5.91 Å². The molecule has 7 rings (SSSR count). The Hall–Kier alpha value is -4.26. The number of aromatic nitrogens is 4. The van der Waals surface area contributed by atoms with Gasteiger partial charge in [0.05, 0.1) is 18.4 Å². The second kappa shape index (κ2) is 10.8. The predicted octanol–water partition coefficient (Wildman–Crippen LogP) is 5.18. The summed E-state index contributed by atoms with van der Waals surface area (Å²) in [6.45, 7) is 3.83. The number of ether oxygens (including phenoxy) is 1. The highest BCUT2D eigenvalue weighted by molar-refractivity contribution is 5.82. The van der Waals surface area contributed by atoms with Crippen LogP contribution in [0.25, 0.3) is 11.1 Å². The molecule has 1 aliphatic heterocycles. The first kappa shape index (κ1) is 27.6. The van der Waals surface area contributed by atoms with Crippen LogP contribution in [0.5, 0.6) is 5.75 Å². The van der Waals surface area contributed by atoms with E-state index in [1.807, 2.05) is 12.1 Å². The lowest BCUT2D eigenvalue weighted by atomic mass is 9.87. The molecule has 3 aliphatic rings. The lowest BCUT2D eigenvalue weighted by Crippen LogP contribution is -2.33. The van der Waals surface area contributed by atoms with Gasteiger partial charge in [-0.15, -0.1) is 13.2 Å². The summed E-state index contributed by atoms with van der Waals surface area (Å²) < 4.78 is 53.6. The molecule has 2 fully saturated rings. The van der Waals surface area contributed by atoms with Crippen molar-refractivity contribution in [3.8, 4) is 16.9 Å². The summed E-state index contributed by atoms with van der Waals surface area (Å²) in [6, 6.07) is 9.86. The second-order valence-corrected chi connectivity index (χ2v) is 11.4.